The number of aryl methyl sites for hydroxylation is 2. The summed E-state index contributed by atoms with van der Waals surface area (Å²) in [4.78, 5) is 0. The molecule has 0 spiro atoms. The standard InChI is InChI=1S/C13H23N3/c1-6-7-8-9-14-10(2)13-11(3)15-16(5)12(13)4/h6-7,10,14H,8-9H2,1-5H3/b7-6+. The molecule has 1 heterocycles. The molecule has 3 nitrogen and oxygen atoms in total. The fourth-order valence-corrected chi connectivity index (χ4v) is 2.07. The van der Waals surface area contributed by atoms with E-state index in [4.69, 9.17) is 0 Å². The van der Waals surface area contributed by atoms with Crippen LogP contribution in [0.1, 0.15) is 43.3 Å². The summed E-state index contributed by atoms with van der Waals surface area (Å²) in [5.74, 6) is 0. The molecule has 1 N–H and O–H groups in total. The highest BCUT2D eigenvalue weighted by atomic mass is 15.3. The molecule has 0 amide bonds. The fourth-order valence-electron chi connectivity index (χ4n) is 2.07. The highest BCUT2D eigenvalue weighted by Gasteiger charge is 2.14. The summed E-state index contributed by atoms with van der Waals surface area (Å²) in [5.41, 5.74) is 3.72. The Morgan fingerprint density at radius 2 is 2.12 bits per heavy atom. The van der Waals surface area contributed by atoms with Crippen LogP contribution < -0.4 is 5.32 Å². The summed E-state index contributed by atoms with van der Waals surface area (Å²) in [7, 11) is 2.00. The van der Waals surface area contributed by atoms with Gasteiger partial charge in [-0.25, -0.2) is 0 Å². The normalized spacial score (nSPS) is 13.6. The second-order valence-electron chi connectivity index (χ2n) is 4.24. The third-order valence-corrected chi connectivity index (χ3v) is 3.00. The van der Waals surface area contributed by atoms with E-state index in [1.165, 1.54) is 11.3 Å². The topological polar surface area (TPSA) is 29.9 Å². The Bertz CT molecular complexity index is 363. The van der Waals surface area contributed by atoms with Crippen molar-refractivity contribution in [1.82, 2.24) is 15.1 Å². The van der Waals surface area contributed by atoms with Crippen LogP contribution in [-0.4, -0.2) is 16.3 Å². The largest absolute Gasteiger partial charge is 0.310 e. The summed E-state index contributed by atoms with van der Waals surface area (Å²) < 4.78 is 1.95. The van der Waals surface area contributed by atoms with Gasteiger partial charge in [0.05, 0.1) is 5.69 Å². The lowest BCUT2D eigenvalue weighted by atomic mass is 10.1. The Morgan fingerprint density at radius 3 is 2.62 bits per heavy atom. The molecule has 3 heteroatoms. The van der Waals surface area contributed by atoms with Crippen molar-refractivity contribution < 1.29 is 0 Å². The molecule has 0 fully saturated rings. The number of allylic oxidation sites excluding steroid dienone is 1. The van der Waals surface area contributed by atoms with Gasteiger partial charge in [-0.2, -0.15) is 5.10 Å². The summed E-state index contributed by atoms with van der Waals surface area (Å²) in [6.07, 6.45) is 5.36. The van der Waals surface area contributed by atoms with Crippen molar-refractivity contribution in [1.29, 1.82) is 0 Å². The SMILES string of the molecule is C/C=C/CCNC(C)c1c(C)nn(C)c1C. The molecule has 1 aromatic rings. The van der Waals surface area contributed by atoms with Gasteiger partial charge in [0.2, 0.25) is 0 Å². The molecule has 0 bridgehead atoms. The van der Waals surface area contributed by atoms with E-state index in [1.807, 2.05) is 11.7 Å². The molecule has 1 unspecified atom stereocenters. The zero-order valence-corrected chi connectivity index (χ0v) is 11.0. The van der Waals surface area contributed by atoms with Gasteiger partial charge in [0, 0.05) is 24.3 Å². The molecule has 0 aliphatic heterocycles. The van der Waals surface area contributed by atoms with E-state index in [2.05, 4.69) is 50.3 Å². The first kappa shape index (κ1) is 13.0. The highest BCUT2D eigenvalue weighted by molar-refractivity contribution is 5.27. The molecule has 1 aromatic heterocycles. The smallest absolute Gasteiger partial charge is 0.0644 e. The zero-order chi connectivity index (χ0) is 12.1. The first-order chi connectivity index (χ1) is 7.57. The highest BCUT2D eigenvalue weighted by Crippen LogP contribution is 2.20. The maximum atomic E-state index is 4.44. The van der Waals surface area contributed by atoms with Crippen LogP contribution in [0, 0.1) is 13.8 Å². The lowest BCUT2D eigenvalue weighted by Crippen LogP contribution is -2.20. The number of hydrogen-bond donors (Lipinski definition) is 1. The van der Waals surface area contributed by atoms with Gasteiger partial charge in [-0.1, -0.05) is 12.2 Å². The van der Waals surface area contributed by atoms with Crippen molar-refractivity contribution in [2.45, 2.75) is 40.2 Å². The van der Waals surface area contributed by atoms with Crippen molar-refractivity contribution in [3.8, 4) is 0 Å². The first-order valence-electron chi connectivity index (χ1n) is 5.92. The first-order valence-corrected chi connectivity index (χ1v) is 5.92. The Kier molecular flexibility index (Phi) is 4.74. The Hall–Kier alpha value is -1.09. The predicted octanol–water partition coefficient (Wildman–Crippen LogP) is 2.65. The van der Waals surface area contributed by atoms with Gasteiger partial charge in [-0.3, -0.25) is 4.68 Å². The van der Waals surface area contributed by atoms with Crippen molar-refractivity contribution in [2.75, 3.05) is 6.54 Å². The number of nitrogens with zero attached hydrogens (tertiary/aromatic N) is 2. The maximum absolute atomic E-state index is 4.44. The Labute approximate surface area is 98.5 Å². The quantitative estimate of drug-likeness (QED) is 0.612. The third kappa shape index (κ3) is 2.95. The summed E-state index contributed by atoms with van der Waals surface area (Å²) >= 11 is 0. The van der Waals surface area contributed by atoms with Gasteiger partial charge < -0.3 is 5.32 Å². The third-order valence-electron chi connectivity index (χ3n) is 3.00. The molecule has 1 rings (SSSR count). The van der Waals surface area contributed by atoms with Crippen LogP contribution in [0.5, 0.6) is 0 Å². The summed E-state index contributed by atoms with van der Waals surface area (Å²) in [6, 6.07) is 0.374. The lowest BCUT2D eigenvalue weighted by molar-refractivity contribution is 0.575. The van der Waals surface area contributed by atoms with Crippen LogP contribution in [0.2, 0.25) is 0 Å². The van der Waals surface area contributed by atoms with Gasteiger partial charge in [-0.15, -0.1) is 0 Å². The molecule has 90 valence electrons. The van der Waals surface area contributed by atoms with E-state index >= 15 is 0 Å². The average Bonchev–Trinajstić information content (AvgIpc) is 2.48. The predicted molar refractivity (Wildman–Crippen MR) is 68.5 cm³/mol. The molecule has 16 heavy (non-hydrogen) atoms. The molecule has 0 saturated carbocycles. The number of nitrogens with one attached hydrogen (secondary N) is 1. The second kappa shape index (κ2) is 5.85. The number of rotatable bonds is 5. The van der Waals surface area contributed by atoms with Crippen molar-refractivity contribution >= 4 is 0 Å². The molecule has 0 radical (unpaired) electrons. The van der Waals surface area contributed by atoms with Gasteiger partial charge >= 0.3 is 0 Å². The zero-order valence-electron chi connectivity index (χ0n) is 11.0. The second-order valence-corrected chi connectivity index (χ2v) is 4.24. The summed E-state index contributed by atoms with van der Waals surface area (Å²) in [6.45, 7) is 9.47. The van der Waals surface area contributed by atoms with Crippen molar-refractivity contribution in [3.05, 3.63) is 29.1 Å². The Balaban J connectivity index is 2.62. The molecule has 0 aliphatic carbocycles. The maximum Gasteiger partial charge on any atom is 0.0644 e. The van der Waals surface area contributed by atoms with Crippen LogP contribution in [0.4, 0.5) is 0 Å². The molecule has 0 aliphatic rings. The minimum absolute atomic E-state index is 0.374. The molecule has 0 saturated heterocycles. The van der Waals surface area contributed by atoms with Crippen LogP contribution in [-0.2, 0) is 7.05 Å². The van der Waals surface area contributed by atoms with Crippen molar-refractivity contribution in [2.24, 2.45) is 7.05 Å². The average molecular weight is 221 g/mol. The van der Waals surface area contributed by atoms with E-state index in [0.29, 0.717) is 6.04 Å². The minimum Gasteiger partial charge on any atom is -0.310 e. The van der Waals surface area contributed by atoms with Crippen LogP contribution in [0.3, 0.4) is 0 Å². The van der Waals surface area contributed by atoms with Crippen LogP contribution >= 0.6 is 0 Å². The van der Waals surface area contributed by atoms with E-state index < -0.39 is 0 Å². The molecular weight excluding hydrogens is 198 g/mol. The van der Waals surface area contributed by atoms with Gasteiger partial charge in [0.1, 0.15) is 0 Å². The number of hydrogen-bond acceptors (Lipinski definition) is 2. The van der Waals surface area contributed by atoms with E-state index in [0.717, 1.165) is 18.7 Å². The van der Waals surface area contributed by atoms with Crippen LogP contribution in [0.15, 0.2) is 12.2 Å². The van der Waals surface area contributed by atoms with E-state index in [1.54, 1.807) is 0 Å². The van der Waals surface area contributed by atoms with E-state index in [-0.39, 0.29) is 0 Å². The van der Waals surface area contributed by atoms with E-state index in [9.17, 15) is 0 Å². The molecule has 0 aromatic carbocycles. The number of aromatic nitrogens is 2. The fraction of sp³-hybridized carbons (Fsp3) is 0.615. The Morgan fingerprint density at radius 1 is 1.44 bits per heavy atom. The van der Waals surface area contributed by atoms with Crippen LogP contribution in [0.25, 0.3) is 0 Å². The van der Waals surface area contributed by atoms with Crippen molar-refractivity contribution in [3.63, 3.8) is 0 Å². The van der Waals surface area contributed by atoms with Gasteiger partial charge in [0.25, 0.3) is 0 Å². The van der Waals surface area contributed by atoms with Gasteiger partial charge in [-0.05, 0) is 40.7 Å². The summed E-state index contributed by atoms with van der Waals surface area (Å²) in [5, 5.41) is 7.96. The molecule has 1 atom stereocenters. The molecular formula is C13H23N3. The minimum atomic E-state index is 0.374. The van der Waals surface area contributed by atoms with Gasteiger partial charge in [0.15, 0.2) is 0 Å². The monoisotopic (exact) mass is 221 g/mol. The lowest BCUT2D eigenvalue weighted by Gasteiger charge is -2.14.